The van der Waals surface area contributed by atoms with Gasteiger partial charge in [-0.3, -0.25) is 9.59 Å². The van der Waals surface area contributed by atoms with Crippen molar-refractivity contribution in [2.24, 2.45) is 0 Å². The molecule has 0 unspecified atom stereocenters. The van der Waals surface area contributed by atoms with Gasteiger partial charge in [0.15, 0.2) is 21.9 Å². The molecule has 1 N–H and O–H groups in total. The summed E-state index contributed by atoms with van der Waals surface area (Å²) in [5, 5.41) is 2.78. The molecule has 0 bridgehead atoms. The van der Waals surface area contributed by atoms with Crippen molar-refractivity contribution < 1.29 is 27.2 Å². The van der Waals surface area contributed by atoms with Crippen LogP contribution in [0.15, 0.2) is 62.6 Å². The van der Waals surface area contributed by atoms with E-state index in [1.807, 2.05) is 0 Å². The fraction of sp³-hybridized carbons (Fsp3) is 0.105. The number of para-hydroxylation sites is 1. The normalized spacial score (nSPS) is 11.2. The van der Waals surface area contributed by atoms with E-state index in [1.54, 1.807) is 18.2 Å². The maximum atomic E-state index is 12.1. The number of sulfone groups is 1. The monoisotopic (exact) mass is 435 g/mol. The molecular weight excluding hydrogens is 422 g/mol. The van der Waals surface area contributed by atoms with Crippen molar-refractivity contribution in [3.63, 3.8) is 0 Å². The van der Waals surface area contributed by atoms with Crippen molar-refractivity contribution in [2.45, 2.75) is 4.90 Å². The molecule has 0 aliphatic carbocycles. The summed E-state index contributed by atoms with van der Waals surface area (Å²) < 4.78 is 33.4. The average Bonchev–Trinajstić information content (AvgIpc) is 2.67. The third kappa shape index (κ3) is 4.82. The SMILES string of the molecule is CS(=O)(=O)c1ccc(Cl)c(NC(=O)COC(=O)c2cc(=O)c3ccccc3o2)c1. The lowest BCUT2D eigenvalue weighted by atomic mass is 10.2. The first-order chi connectivity index (χ1) is 13.6. The zero-order chi connectivity index (χ0) is 21.2. The van der Waals surface area contributed by atoms with Crippen LogP contribution in [0.25, 0.3) is 11.0 Å². The molecule has 1 aromatic heterocycles. The number of fused-ring (bicyclic) bond motifs is 1. The highest BCUT2D eigenvalue weighted by atomic mass is 35.5. The summed E-state index contributed by atoms with van der Waals surface area (Å²) in [6.07, 6.45) is 1.01. The van der Waals surface area contributed by atoms with Gasteiger partial charge in [0.05, 0.1) is 21.0 Å². The van der Waals surface area contributed by atoms with Crippen LogP contribution in [0.2, 0.25) is 5.02 Å². The quantitative estimate of drug-likeness (QED) is 0.611. The Morgan fingerprint density at radius 1 is 1.14 bits per heavy atom. The predicted octanol–water partition coefficient (Wildman–Crippen LogP) is 2.65. The Hall–Kier alpha value is -3.17. The summed E-state index contributed by atoms with van der Waals surface area (Å²) in [6.45, 7) is -0.700. The standard InChI is InChI=1S/C19H14ClNO7S/c1-29(25,26)11-6-7-13(20)14(8-11)21-18(23)10-27-19(24)17-9-15(22)12-4-2-3-5-16(12)28-17/h2-9H,10H2,1H3,(H,21,23). The number of hydrogen-bond donors (Lipinski definition) is 1. The van der Waals surface area contributed by atoms with Crippen molar-refractivity contribution in [1.29, 1.82) is 0 Å². The van der Waals surface area contributed by atoms with Gasteiger partial charge >= 0.3 is 5.97 Å². The largest absolute Gasteiger partial charge is 0.450 e. The number of ether oxygens (including phenoxy) is 1. The van der Waals surface area contributed by atoms with Gasteiger partial charge in [-0.1, -0.05) is 23.7 Å². The zero-order valence-electron chi connectivity index (χ0n) is 15.0. The molecule has 10 heteroatoms. The Bertz CT molecular complexity index is 1280. The Morgan fingerprint density at radius 2 is 1.86 bits per heavy atom. The Balaban J connectivity index is 1.70. The van der Waals surface area contributed by atoms with Gasteiger partial charge in [0.1, 0.15) is 5.58 Å². The van der Waals surface area contributed by atoms with E-state index >= 15 is 0 Å². The van der Waals surface area contributed by atoms with Gasteiger partial charge in [0.2, 0.25) is 5.76 Å². The molecule has 0 aliphatic heterocycles. The average molecular weight is 436 g/mol. The fourth-order valence-electron chi connectivity index (χ4n) is 2.42. The number of anilines is 1. The molecule has 8 nitrogen and oxygen atoms in total. The van der Waals surface area contributed by atoms with Crippen molar-refractivity contribution in [2.75, 3.05) is 18.2 Å². The van der Waals surface area contributed by atoms with E-state index in [0.29, 0.717) is 5.39 Å². The van der Waals surface area contributed by atoms with Crippen LogP contribution in [0, 0.1) is 0 Å². The molecule has 0 aliphatic rings. The summed E-state index contributed by atoms with van der Waals surface area (Å²) in [4.78, 5) is 36.1. The lowest BCUT2D eigenvalue weighted by molar-refractivity contribution is -0.119. The topological polar surface area (TPSA) is 120 Å². The fourth-order valence-corrected chi connectivity index (χ4v) is 3.24. The van der Waals surface area contributed by atoms with Gasteiger partial charge in [0.25, 0.3) is 5.91 Å². The number of nitrogens with one attached hydrogen (secondary N) is 1. The molecule has 1 amide bonds. The molecule has 150 valence electrons. The summed E-state index contributed by atoms with van der Waals surface area (Å²) in [6, 6.07) is 11.2. The number of benzene rings is 2. The molecule has 0 saturated carbocycles. The number of carbonyl (C=O) groups is 2. The highest BCUT2D eigenvalue weighted by molar-refractivity contribution is 7.90. The predicted molar refractivity (Wildman–Crippen MR) is 106 cm³/mol. The smallest absolute Gasteiger partial charge is 0.374 e. The van der Waals surface area contributed by atoms with Crippen molar-refractivity contribution in [1.82, 2.24) is 0 Å². The molecule has 0 saturated heterocycles. The van der Waals surface area contributed by atoms with Crippen molar-refractivity contribution >= 4 is 50.0 Å². The lowest BCUT2D eigenvalue weighted by Gasteiger charge is -2.09. The van der Waals surface area contributed by atoms with Crippen molar-refractivity contribution in [3.8, 4) is 0 Å². The molecule has 3 aromatic rings. The first-order valence-electron chi connectivity index (χ1n) is 8.14. The first kappa shape index (κ1) is 20.6. The van der Waals surface area contributed by atoms with E-state index in [9.17, 15) is 22.8 Å². The van der Waals surface area contributed by atoms with Gasteiger partial charge in [0, 0.05) is 12.3 Å². The van der Waals surface area contributed by atoms with E-state index < -0.39 is 33.7 Å². The summed E-state index contributed by atoms with van der Waals surface area (Å²) >= 11 is 5.95. The van der Waals surface area contributed by atoms with E-state index in [0.717, 1.165) is 12.3 Å². The number of halogens is 1. The van der Waals surface area contributed by atoms with Crippen LogP contribution in [0.3, 0.4) is 0 Å². The second-order valence-electron chi connectivity index (χ2n) is 6.01. The van der Waals surface area contributed by atoms with E-state index in [4.69, 9.17) is 20.8 Å². The summed E-state index contributed by atoms with van der Waals surface area (Å²) in [7, 11) is -3.50. The zero-order valence-corrected chi connectivity index (χ0v) is 16.5. The van der Waals surface area contributed by atoms with Gasteiger partial charge in [-0.05, 0) is 30.3 Å². The van der Waals surface area contributed by atoms with Crippen molar-refractivity contribution in [3.05, 3.63) is 69.5 Å². The third-order valence-corrected chi connectivity index (χ3v) is 5.25. The van der Waals surface area contributed by atoms with Gasteiger partial charge in [-0.25, -0.2) is 13.2 Å². The molecule has 29 heavy (non-hydrogen) atoms. The molecule has 1 heterocycles. The van der Waals surface area contributed by atoms with Crippen LogP contribution >= 0.6 is 11.6 Å². The number of hydrogen-bond acceptors (Lipinski definition) is 7. The molecule has 0 fully saturated rings. The minimum Gasteiger partial charge on any atom is -0.450 e. The van der Waals surface area contributed by atoms with Crippen LogP contribution in [-0.2, 0) is 19.4 Å². The van der Waals surface area contributed by atoms with Gasteiger partial charge < -0.3 is 14.5 Å². The molecule has 0 atom stereocenters. The Kier molecular flexibility index (Phi) is 5.71. The minimum atomic E-state index is -3.50. The van der Waals surface area contributed by atoms with Crippen LogP contribution < -0.4 is 10.7 Å². The Labute approximate surface area is 170 Å². The third-order valence-electron chi connectivity index (χ3n) is 3.81. The maximum absolute atomic E-state index is 12.1. The highest BCUT2D eigenvalue weighted by Gasteiger charge is 2.17. The number of rotatable bonds is 5. The molecule has 0 radical (unpaired) electrons. The Morgan fingerprint density at radius 3 is 2.59 bits per heavy atom. The summed E-state index contributed by atoms with van der Waals surface area (Å²) in [5.41, 5.74) is -0.165. The second kappa shape index (κ2) is 8.06. The van der Waals surface area contributed by atoms with Gasteiger partial charge in [-0.2, -0.15) is 0 Å². The van der Waals surface area contributed by atoms with Gasteiger partial charge in [-0.15, -0.1) is 0 Å². The number of esters is 1. The first-order valence-corrected chi connectivity index (χ1v) is 10.4. The maximum Gasteiger partial charge on any atom is 0.374 e. The highest BCUT2D eigenvalue weighted by Crippen LogP contribution is 2.25. The van der Waals surface area contributed by atoms with Crippen LogP contribution in [0.1, 0.15) is 10.6 Å². The molecule has 0 spiro atoms. The second-order valence-corrected chi connectivity index (χ2v) is 8.43. The van der Waals surface area contributed by atoms with Crippen LogP contribution in [0.5, 0.6) is 0 Å². The molecular formula is C19H14ClNO7S. The van der Waals surface area contributed by atoms with E-state index in [1.165, 1.54) is 24.3 Å². The van der Waals surface area contributed by atoms with Crippen LogP contribution in [0.4, 0.5) is 5.69 Å². The number of amides is 1. The summed E-state index contributed by atoms with van der Waals surface area (Å²) in [5.74, 6) is -2.10. The molecule has 3 rings (SSSR count). The molecule has 2 aromatic carbocycles. The van der Waals surface area contributed by atoms with E-state index in [-0.39, 0.29) is 26.9 Å². The van der Waals surface area contributed by atoms with E-state index in [2.05, 4.69) is 5.32 Å². The minimum absolute atomic E-state index is 0.0351. The van der Waals surface area contributed by atoms with Crippen LogP contribution in [-0.4, -0.2) is 33.2 Å². The lowest BCUT2D eigenvalue weighted by Crippen LogP contribution is -2.21. The number of carbonyl (C=O) groups excluding carboxylic acids is 2.